The highest BCUT2D eigenvalue weighted by Crippen LogP contribution is 2.53. The van der Waals surface area contributed by atoms with Crippen LogP contribution in [0.4, 0.5) is 4.79 Å². The highest BCUT2D eigenvalue weighted by atomic mass is 31.2. The molecule has 7 heteroatoms. The average molecular weight is 261 g/mol. The Morgan fingerprint density at radius 2 is 1.82 bits per heavy atom. The molecule has 17 heavy (non-hydrogen) atoms. The van der Waals surface area contributed by atoms with E-state index in [2.05, 4.69) is 0 Å². The van der Waals surface area contributed by atoms with Gasteiger partial charge in [0, 0.05) is 26.6 Å². The van der Waals surface area contributed by atoms with Crippen LogP contribution >= 0.6 is 7.60 Å². The van der Waals surface area contributed by atoms with Gasteiger partial charge < -0.3 is 13.8 Å². The van der Waals surface area contributed by atoms with Crippen molar-refractivity contribution >= 4 is 13.7 Å². The molecular formula is C10H16NO5P. The van der Waals surface area contributed by atoms with E-state index in [1.165, 1.54) is 31.5 Å². The standard InChI is InChI=1S/C10H16NO5P/c1-4-16-10(12)11-7-5-9(6-8-11)17(13,14-2)15-3/h5-9H,4H2,1-3H3. The van der Waals surface area contributed by atoms with Gasteiger partial charge in [0.2, 0.25) is 0 Å². The molecule has 0 fully saturated rings. The van der Waals surface area contributed by atoms with Gasteiger partial charge in [0.15, 0.2) is 0 Å². The lowest BCUT2D eigenvalue weighted by Crippen LogP contribution is -2.24. The van der Waals surface area contributed by atoms with E-state index in [9.17, 15) is 9.36 Å². The Balaban J connectivity index is 2.71. The van der Waals surface area contributed by atoms with Crippen molar-refractivity contribution in [2.24, 2.45) is 0 Å². The van der Waals surface area contributed by atoms with Gasteiger partial charge in [-0.25, -0.2) is 4.79 Å². The lowest BCUT2D eigenvalue weighted by Gasteiger charge is -2.23. The van der Waals surface area contributed by atoms with Crippen LogP contribution in [0.3, 0.4) is 0 Å². The van der Waals surface area contributed by atoms with Gasteiger partial charge in [-0.2, -0.15) is 0 Å². The van der Waals surface area contributed by atoms with E-state index in [0.29, 0.717) is 6.61 Å². The topological polar surface area (TPSA) is 65.1 Å². The van der Waals surface area contributed by atoms with Crippen LogP contribution in [-0.4, -0.2) is 37.5 Å². The first kappa shape index (κ1) is 14.0. The first-order chi connectivity index (χ1) is 8.07. The van der Waals surface area contributed by atoms with Crippen molar-refractivity contribution in [3.8, 4) is 0 Å². The second-order valence-electron chi connectivity index (χ2n) is 3.18. The summed E-state index contributed by atoms with van der Waals surface area (Å²) >= 11 is 0. The molecule has 0 saturated carbocycles. The number of carbonyl (C=O) groups excluding carboxylic acids is 1. The molecule has 6 nitrogen and oxygen atoms in total. The minimum atomic E-state index is -3.18. The molecule has 1 rings (SSSR count). The molecule has 1 aliphatic rings. The van der Waals surface area contributed by atoms with Crippen molar-refractivity contribution < 1.29 is 23.1 Å². The summed E-state index contributed by atoms with van der Waals surface area (Å²) in [4.78, 5) is 12.6. The molecule has 0 N–H and O–H groups in total. The maximum absolute atomic E-state index is 12.0. The fourth-order valence-corrected chi connectivity index (χ4v) is 2.54. The monoisotopic (exact) mass is 261 g/mol. The molecule has 1 aliphatic heterocycles. The third-order valence-corrected chi connectivity index (χ3v) is 4.33. The van der Waals surface area contributed by atoms with Crippen LogP contribution in [0.2, 0.25) is 0 Å². The number of carbonyl (C=O) groups is 1. The van der Waals surface area contributed by atoms with Gasteiger partial charge in [0.25, 0.3) is 0 Å². The van der Waals surface area contributed by atoms with E-state index < -0.39 is 19.3 Å². The van der Waals surface area contributed by atoms with Gasteiger partial charge in [0.05, 0.1) is 6.61 Å². The molecule has 0 aliphatic carbocycles. The van der Waals surface area contributed by atoms with Gasteiger partial charge in [-0.15, -0.1) is 0 Å². The van der Waals surface area contributed by atoms with E-state index in [1.807, 2.05) is 0 Å². The quantitative estimate of drug-likeness (QED) is 0.727. The number of nitrogens with zero attached hydrogens (tertiary/aromatic N) is 1. The SMILES string of the molecule is CCOC(=O)N1C=CC(P(=O)(OC)OC)C=C1. The zero-order valence-corrected chi connectivity index (χ0v) is 10.9. The second kappa shape index (κ2) is 6.00. The molecule has 0 aromatic heterocycles. The predicted octanol–water partition coefficient (Wildman–Crippen LogP) is 2.34. The van der Waals surface area contributed by atoms with Crippen LogP contribution in [0.5, 0.6) is 0 Å². The van der Waals surface area contributed by atoms with Crippen LogP contribution in [-0.2, 0) is 18.3 Å². The summed E-state index contributed by atoms with van der Waals surface area (Å²) in [6.07, 6.45) is 5.62. The van der Waals surface area contributed by atoms with E-state index in [4.69, 9.17) is 13.8 Å². The first-order valence-corrected chi connectivity index (χ1v) is 6.71. The summed E-state index contributed by atoms with van der Waals surface area (Å²) in [7, 11) is -0.535. The minimum Gasteiger partial charge on any atom is -0.449 e. The maximum Gasteiger partial charge on any atom is 0.417 e. The summed E-state index contributed by atoms with van der Waals surface area (Å²) in [5.74, 6) is 0. The van der Waals surface area contributed by atoms with Crippen LogP contribution in [0, 0.1) is 0 Å². The molecule has 0 aromatic carbocycles. The van der Waals surface area contributed by atoms with Gasteiger partial charge in [-0.3, -0.25) is 9.46 Å². The van der Waals surface area contributed by atoms with E-state index in [1.54, 1.807) is 19.1 Å². The van der Waals surface area contributed by atoms with Crippen LogP contribution in [0.1, 0.15) is 6.92 Å². The number of hydrogen-bond donors (Lipinski definition) is 0. The largest absolute Gasteiger partial charge is 0.449 e. The lowest BCUT2D eigenvalue weighted by molar-refractivity contribution is 0.133. The van der Waals surface area contributed by atoms with Crippen LogP contribution in [0.25, 0.3) is 0 Å². The molecule has 0 radical (unpaired) electrons. The smallest absolute Gasteiger partial charge is 0.417 e. The van der Waals surface area contributed by atoms with Gasteiger partial charge >= 0.3 is 13.7 Å². The summed E-state index contributed by atoms with van der Waals surface area (Å²) in [6.45, 7) is 2.03. The van der Waals surface area contributed by atoms with Crippen molar-refractivity contribution in [2.75, 3.05) is 20.8 Å². The second-order valence-corrected chi connectivity index (χ2v) is 5.59. The van der Waals surface area contributed by atoms with Crippen molar-refractivity contribution in [3.63, 3.8) is 0 Å². The number of rotatable bonds is 4. The Labute approximate surface area is 100 Å². The van der Waals surface area contributed by atoms with Crippen LogP contribution in [0.15, 0.2) is 24.6 Å². The number of amides is 1. The van der Waals surface area contributed by atoms with E-state index in [-0.39, 0.29) is 0 Å². The van der Waals surface area contributed by atoms with E-state index in [0.717, 1.165) is 0 Å². The average Bonchev–Trinajstić information content (AvgIpc) is 2.38. The Morgan fingerprint density at radius 1 is 1.29 bits per heavy atom. The Morgan fingerprint density at radius 3 is 2.24 bits per heavy atom. The maximum atomic E-state index is 12.0. The fraction of sp³-hybridized carbons (Fsp3) is 0.500. The summed E-state index contributed by atoms with van der Waals surface area (Å²) in [6, 6.07) is 0. The molecular weight excluding hydrogens is 245 g/mol. The molecule has 0 bridgehead atoms. The molecule has 1 heterocycles. The summed E-state index contributed by atoms with van der Waals surface area (Å²) in [5.41, 5.74) is -0.497. The Hall–Kier alpha value is -1.10. The molecule has 0 atom stereocenters. The third-order valence-electron chi connectivity index (χ3n) is 2.24. The van der Waals surface area contributed by atoms with E-state index >= 15 is 0 Å². The number of allylic oxidation sites excluding steroid dienone is 2. The van der Waals surface area contributed by atoms with Crippen molar-refractivity contribution in [1.82, 2.24) is 4.90 Å². The molecule has 0 saturated heterocycles. The van der Waals surface area contributed by atoms with Gasteiger partial charge in [0.1, 0.15) is 5.66 Å². The summed E-state index contributed by atoms with van der Waals surface area (Å²) < 4.78 is 26.6. The zero-order chi connectivity index (χ0) is 12.9. The fourth-order valence-electron chi connectivity index (χ4n) is 1.32. The van der Waals surface area contributed by atoms with Crippen molar-refractivity contribution in [1.29, 1.82) is 0 Å². The third kappa shape index (κ3) is 3.19. The molecule has 0 unspecified atom stereocenters. The molecule has 1 amide bonds. The lowest BCUT2D eigenvalue weighted by atomic mass is 10.3. The number of ether oxygens (including phenoxy) is 1. The number of hydrogen-bond acceptors (Lipinski definition) is 5. The van der Waals surface area contributed by atoms with Crippen molar-refractivity contribution in [2.45, 2.75) is 12.6 Å². The highest BCUT2D eigenvalue weighted by Gasteiger charge is 2.32. The molecule has 0 spiro atoms. The molecule has 0 aromatic rings. The Bertz CT molecular complexity index is 357. The highest BCUT2D eigenvalue weighted by molar-refractivity contribution is 7.55. The zero-order valence-electron chi connectivity index (χ0n) is 10.0. The van der Waals surface area contributed by atoms with Gasteiger partial charge in [-0.1, -0.05) is 0 Å². The normalized spacial score (nSPS) is 16.3. The molecule has 96 valence electrons. The first-order valence-electron chi connectivity index (χ1n) is 5.10. The van der Waals surface area contributed by atoms with Crippen molar-refractivity contribution in [3.05, 3.63) is 24.6 Å². The predicted molar refractivity (Wildman–Crippen MR) is 62.6 cm³/mol. The summed E-state index contributed by atoms with van der Waals surface area (Å²) in [5, 5.41) is 0. The van der Waals surface area contributed by atoms with Crippen LogP contribution < -0.4 is 0 Å². The minimum absolute atomic E-state index is 0.301. The Kier molecular flexibility index (Phi) is 4.93. The van der Waals surface area contributed by atoms with Gasteiger partial charge in [-0.05, 0) is 19.1 Å².